The molecule has 118 valence electrons. The summed E-state index contributed by atoms with van der Waals surface area (Å²) in [6, 6.07) is 7.44. The molecule has 0 spiro atoms. The Morgan fingerprint density at radius 1 is 1.24 bits per heavy atom. The second-order valence-corrected chi connectivity index (χ2v) is 6.97. The van der Waals surface area contributed by atoms with Crippen molar-refractivity contribution in [1.29, 1.82) is 0 Å². The van der Waals surface area contributed by atoms with Gasteiger partial charge in [-0.1, -0.05) is 44.5 Å². The predicted octanol–water partition coefficient (Wildman–Crippen LogP) is 5.20. The Morgan fingerprint density at radius 2 is 1.67 bits per heavy atom. The van der Waals surface area contributed by atoms with Crippen LogP contribution in [0.2, 0.25) is 5.02 Å². The summed E-state index contributed by atoms with van der Waals surface area (Å²) in [6.07, 6.45) is 0. The molecule has 1 amide bonds. The third-order valence-corrected chi connectivity index (χ3v) is 5.77. The van der Waals surface area contributed by atoms with Crippen molar-refractivity contribution in [3.63, 3.8) is 0 Å². The van der Waals surface area contributed by atoms with Crippen LogP contribution < -0.4 is 5.32 Å². The molecule has 0 bridgehead atoms. The first kappa shape index (κ1) is 18.3. The highest BCUT2D eigenvalue weighted by Crippen LogP contribution is 2.66. The predicted molar refractivity (Wildman–Crippen MR) is 90.9 cm³/mol. The molecule has 21 heavy (non-hydrogen) atoms. The highest BCUT2D eigenvalue weighted by molar-refractivity contribution is 6.30. The van der Waals surface area contributed by atoms with Crippen LogP contribution in [0.3, 0.4) is 0 Å². The molecule has 4 atom stereocenters. The van der Waals surface area contributed by atoms with Crippen molar-refractivity contribution < 1.29 is 4.79 Å². The molecule has 1 aliphatic carbocycles. The van der Waals surface area contributed by atoms with E-state index in [1.165, 1.54) is 0 Å². The van der Waals surface area contributed by atoms with E-state index in [0.717, 1.165) is 5.56 Å². The van der Waals surface area contributed by atoms with E-state index in [1.807, 2.05) is 65.8 Å². The first-order chi connectivity index (χ1) is 9.71. The van der Waals surface area contributed by atoms with Gasteiger partial charge in [0.05, 0.1) is 16.3 Å². The number of benzene rings is 1. The Hall–Kier alpha value is -0.730. The minimum atomic E-state index is -0.491. The maximum atomic E-state index is 12.4. The topological polar surface area (TPSA) is 29.1 Å². The third-order valence-electron chi connectivity index (χ3n) is 4.80. The number of carbonyl (C=O) groups excluding carboxylic acids is 1. The van der Waals surface area contributed by atoms with E-state index in [-0.39, 0.29) is 17.9 Å². The van der Waals surface area contributed by atoms with E-state index in [9.17, 15) is 4.79 Å². The summed E-state index contributed by atoms with van der Waals surface area (Å²) in [6.45, 7) is 11.8. The number of hydrogen-bond acceptors (Lipinski definition) is 1. The second kappa shape index (κ2) is 6.58. The summed E-state index contributed by atoms with van der Waals surface area (Å²) >= 11 is 12.2. The van der Waals surface area contributed by atoms with Gasteiger partial charge in [-0.2, -0.15) is 0 Å². The summed E-state index contributed by atoms with van der Waals surface area (Å²) in [5.41, 5.74) is 0.542. The average molecular weight is 330 g/mol. The quantitative estimate of drug-likeness (QED) is 0.759. The minimum Gasteiger partial charge on any atom is -0.349 e. The molecule has 2 rings (SSSR count). The van der Waals surface area contributed by atoms with Crippen LogP contribution in [0.1, 0.15) is 53.1 Å². The normalized spacial score (nSPS) is 31.7. The van der Waals surface area contributed by atoms with Crippen molar-refractivity contribution >= 4 is 29.1 Å². The molecule has 0 aliphatic heterocycles. The molecule has 4 heteroatoms. The molecule has 2 nitrogen and oxygen atoms in total. The molecule has 1 fully saturated rings. The van der Waals surface area contributed by atoms with Gasteiger partial charge in [0.1, 0.15) is 0 Å². The highest BCUT2D eigenvalue weighted by atomic mass is 35.5. The Labute approximate surface area is 138 Å². The Bertz CT molecular complexity index is 498. The summed E-state index contributed by atoms with van der Waals surface area (Å²) in [5, 5.41) is 3.73. The molecule has 1 aromatic rings. The lowest BCUT2D eigenvalue weighted by Gasteiger charge is -2.19. The monoisotopic (exact) mass is 329 g/mol. The van der Waals surface area contributed by atoms with E-state index < -0.39 is 10.3 Å². The van der Waals surface area contributed by atoms with Gasteiger partial charge in [-0.3, -0.25) is 4.79 Å². The fraction of sp³-hybridized carbons (Fsp3) is 0.588. The van der Waals surface area contributed by atoms with Gasteiger partial charge in [-0.05, 0) is 44.4 Å². The van der Waals surface area contributed by atoms with Crippen molar-refractivity contribution in [3.05, 3.63) is 34.9 Å². The van der Waals surface area contributed by atoms with E-state index in [2.05, 4.69) is 5.32 Å². The van der Waals surface area contributed by atoms with E-state index in [0.29, 0.717) is 5.02 Å². The SMILES string of the molecule is CC.CC(NC(=O)C1(C)C(C)C1(C)Cl)c1ccc(Cl)cc1. The van der Waals surface area contributed by atoms with Crippen LogP contribution in [0, 0.1) is 11.3 Å². The zero-order valence-corrected chi connectivity index (χ0v) is 15.1. The first-order valence-corrected chi connectivity index (χ1v) is 8.22. The zero-order valence-electron chi connectivity index (χ0n) is 13.6. The molecule has 0 radical (unpaired) electrons. The number of nitrogens with one attached hydrogen (secondary N) is 1. The van der Waals surface area contributed by atoms with Gasteiger partial charge in [0.2, 0.25) is 5.91 Å². The van der Waals surface area contributed by atoms with Gasteiger partial charge < -0.3 is 5.32 Å². The van der Waals surface area contributed by atoms with Crippen molar-refractivity contribution in [3.8, 4) is 0 Å². The third kappa shape index (κ3) is 3.22. The minimum absolute atomic E-state index is 0.0138. The van der Waals surface area contributed by atoms with Crippen molar-refractivity contribution in [2.75, 3.05) is 0 Å². The largest absolute Gasteiger partial charge is 0.349 e. The first-order valence-electron chi connectivity index (χ1n) is 7.46. The lowest BCUT2D eigenvalue weighted by Crippen LogP contribution is -2.35. The average Bonchev–Trinajstić information content (AvgIpc) is 2.86. The molecule has 1 aromatic carbocycles. The van der Waals surface area contributed by atoms with Crippen LogP contribution in [-0.2, 0) is 4.79 Å². The summed E-state index contributed by atoms with van der Waals surface area (Å²) in [4.78, 5) is 11.9. The van der Waals surface area contributed by atoms with Crippen molar-refractivity contribution in [1.82, 2.24) is 5.32 Å². The zero-order chi connectivity index (χ0) is 16.4. The van der Waals surface area contributed by atoms with Crippen LogP contribution >= 0.6 is 23.2 Å². The number of alkyl halides is 1. The number of rotatable bonds is 3. The molecule has 1 N–H and O–H groups in total. The van der Waals surface area contributed by atoms with E-state index in [1.54, 1.807) is 0 Å². The molecular formula is C17H25Cl2NO. The van der Waals surface area contributed by atoms with Crippen LogP contribution in [0.4, 0.5) is 0 Å². The summed E-state index contributed by atoms with van der Waals surface area (Å²) < 4.78 is 0. The Balaban J connectivity index is 0.00000106. The Morgan fingerprint density at radius 3 is 2.05 bits per heavy atom. The van der Waals surface area contributed by atoms with Gasteiger partial charge in [-0.15, -0.1) is 11.6 Å². The number of carbonyl (C=O) groups is 1. The van der Waals surface area contributed by atoms with Gasteiger partial charge in [0.25, 0.3) is 0 Å². The second-order valence-electron chi connectivity index (χ2n) is 5.75. The van der Waals surface area contributed by atoms with Crippen LogP contribution in [0.5, 0.6) is 0 Å². The maximum absolute atomic E-state index is 12.4. The molecular weight excluding hydrogens is 305 g/mol. The van der Waals surface area contributed by atoms with E-state index in [4.69, 9.17) is 23.2 Å². The number of hydrogen-bond donors (Lipinski definition) is 1. The summed E-state index contributed by atoms with van der Waals surface area (Å²) in [7, 11) is 0. The number of halogens is 2. The smallest absolute Gasteiger partial charge is 0.228 e. The molecule has 0 aromatic heterocycles. The molecule has 4 unspecified atom stereocenters. The summed E-state index contributed by atoms with van der Waals surface area (Å²) in [5.74, 6) is 0.194. The molecule has 1 aliphatic rings. The van der Waals surface area contributed by atoms with Gasteiger partial charge in [-0.25, -0.2) is 0 Å². The molecule has 1 saturated carbocycles. The number of amides is 1. The van der Waals surface area contributed by atoms with Crippen molar-refractivity contribution in [2.45, 2.75) is 52.5 Å². The van der Waals surface area contributed by atoms with Gasteiger partial charge >= 0.3 is 0 Å². The van der Waals surface area contributed by atoms with Crippen LogP contribution in [0.15, 0.2) is 24.3 Å². The van der Waals surface area contributed by atoms with Crippen LogP contribution in [-0.4, -0.2) is 10.8 Å². The van der Waals surface area contributed by atoms with E-state index >= 15 is 0 Å². The van der Waals surface area contributed by atoms with Crippen molar-refractivity contribution in [2.24, 2.45) is 11.3 Å². The Kier molecular flexibility index (Phi) is 5.74. The van der Waals surface area contributed by atoms with Crippen LogP contribution in [0.25, 0.3) is 0 Å². The fourth-order valence-electron chi connectivity index (χ4n) is 2.60. The lowest BCUT2D eigenvalue weighted by molar-refractivity contribution is -0.127. The fourth-order valence-corrected chi connectivity index (χ4v) is 3.14. The van der Waals surface area contributed by atoms with Gasteiger partial charge in [0.15, 0.2) is 0 Å². The standard InChI is InChI=1S/C15H19Cl2NO.C2H6/c1-9(11-5-7-12(16)8-6-11)18-13(19)14(3)10(2)15(14,4)17;1-2/h5-10H,1-4H3,(H,18,19);1-2H3. The maximum Gasteiger partial charge on any atom is 0.228 e. The highest BCUT2D eigenvalue weighted by Gasteiger charge is 2.72. The van der Waals surface area contributed by atoms with Gasteiger partial charge in [0, 0.05) is 5.02 Å². The lowest BCUT2D eigenvalue weighted by atomic mass is 10.0. The molecule has 0 heterocycles. The molecule has 0 saturated heterocycles.